The molecule has 0 radical (unpaired) electrons. The van der Waals surface area contributed by atoms with E-state index < -0.39 is 91.0 Å². The monoisotopic (exact) mass is 673 g/mol. The predicted molar refractivity (Wildman–Crippen MR) is 169 cm³/mol. The Hall–Kier alpha value is -4.52. The van der Waals surface area contributed by atoms with Crippen molar-refractivity contribution in [3.63, 3.8) is 0 Å². The van der Waals surface area contributed by atoms with Gasteiger partial charge in [-0.3, -0.25) is 33.8 Å². The van der Waals surface area contributed by atoms with Crippen LogP contribution in [-0.2, 0) is 33.6 Å². The van der Waals surface area contributed by atoms with Crippen molar-refractivity contribution in [2.24, 2.45) is 33.8 Å². The molecule has 0 spiro atoms. The summed E-state index contributed by atoms with van der Waals surface area (Å²) in [6.07, 6.45) is -0.500. The number of aliphatic carboxylic acids is 3. The van der Waals surface area contributed by atoms with Crippen molar-refractivity contribution in [1.29, 1.82) is 0 Å². The van der Waals surface area contributed by atoms with E-state index >= 15 is 0 Å². The third-order valence-electron chi connectivity index (χ3n) is 6.76. The maximum absolute atomic E-state index is 13.5. The molecule has 19 nitrogen and oxygen atoms in total. The largest absolute Gasteiger partial charge is 0.481 e. The van der Waals surface area contributed by atoms with Crippen molar-refractivity contribution in [2.75, 3.05) is 13.1 Å². The predicted octanol–water partition coefficient (Wildman–Crippen LogP) is -2.70. The first kappa shape index (κ1) is 42.5. The van der Waals surface area contributed by atoms with Gasteiger partial charge in [0, 0.05) is 19.4 Å². The number of aliphatic imine (C=N–C) groups is 1. The molecule has 0 fully saturated rings. The van der Waals surface area contributed by atoms with Crippen LogP contribution in [0.3, 0.4) is 0 Å². The van der Waals surface area contributed by atoms with Crippen molar-refractivity contribution in [3.05, 3.63) is 0 Å². The third-order valence-corrected chi connectivity index (χ3v) is 6.76. The molecular formula is C28H51N9O10. The van der Waals surface area contributed by atoms with Gasteiger partial charge in [0.25, 0.3) is 0 Å². The molecule has 0 aliphatic rings. The van der Waals surface area contributed by atoms with Gasteiger partial charge in [-0.05, 0) is 63.8 Å². The zero-order valence-corrected chi connectivity index (χ0v) is 26.9. The van der Waals surface area contributed by atoms with Gasteiger partial charge in [-0.15, -0.1) is 0 Å². The number of nitrogens with zero attached hydrogens (tertiary/aromatic N) is 1. The van der Waals surface area contributed by atoms with Crippen LogP contribution >= 0.6 is 0 Å². The first-order chi connectivity index (χ1) is 22.0. The third kappa shape index (κ3) is 19.6. The lowest BCUT2D eigenvalue weighted by Gasteiger charge is -2.26. The van der Waals surface area contributed by atoms with Crippen LogP contribution in [0.25, 0.3) is 0 Å². The van der Waals surface area contributed by atoms with Gasteiger partial charge in [0.15, 0.2) is 5.96 Å². The lowest BCUT2D eigenvalue weighted by molar-refractivity contribution is -0.143. The number of hydrogen-bond acceptors (Lipinski definition) is 10. The highest BCUT2D eigenvalue weighted by atomic mass is 16.4. The highest BCUT2D eigenvalue weighted by molar-refractivity contribution is 5.95. The van der Waals surface area contributed by atoms with E-state index in [4.69, 9.17) is 28.0 Å². The molecule has 5 atom stereocenters. The number of carbonyl (C=O) groups is 7. The fourth-order valence-corrected chi connectivity index (χ4v) is 4.31. The van der Waals surface area contributed by atoms with Gasteiger partial charge in [0.05, 0.1) is 6.04 Å². The standard InChI is InChI=1S/C28H51N9O10/c1-15(2)14-16(30)23(42)34-19(8-10-21(38)39)26(45)35-17(6-3-4-12-29)24(43)36-18(7-5-13-33-28(31)32)25(44)37-20(27(46)47)9-11-22(40)41/h15-20H,3-14,29-30H2,1-2H3,(H,34,42)(H,35,45)(H,36,43)(H,37,44)(H,38,39)(H,40,41)(H,46,47)(H4,31,32,33). The molecule has 0 saturated heterocycles. The summed E-state index contributed by atoms with van der Waals surface area (Å²) in [7, 11) is 0. The summed E-state index contributed by atoms with van der Waals surface area (Å²) < 4.78 is 0. The van der Waals surface area contributed by atoms with Crippen LogP contribution in [0.5, 0.6) is 0 Å². The van der Waals surface area contributed by atoms with Gasteiger partial charge in [-0.2, -0.15) is 0 Å². The van der Waals surface area contributed by atoms with Crippen molar-refractivity contribution >= 4 is 47.5 Å². The number of unbranched alkanes of at least 4 members (excludes halogenated alkanes) is 1. The van der Waals surface area contributed by atoms with Gasteiger partial charge in [0.2, 0.25) is 23.6 Å². The minimum absolute atomic E-state index is 0.0416. The second kappa shape index (κ2) is 22.9. The quantitative estimate of drug-likeness (QED) is 0.0267. The summed E-state index contributed by atoms with van der Waals surface area (Å²) in [5.74, 6) is -7.45. The van der Waals surface area contributed by atoms with E-state index in [1.165, 1.54) is 0 Å². The maximum atomic E-state index is 13.5. The summed E-state index contributed by atoms with van der Waals surface area (Å²) in [5, 5.41) is 37.3. The number of amides is 4. The topological polar surface area (TPSA) is 345 Å². The Kier molecular flexibility index (Phi) is 20.7. The molecule has 268 valence electrons. The average Bonchev–Trinajstić information content (AvgIpc) is 2.96. The van der Waals surface area contributed by atoms with E-state index in [1.54, 1.807) is 0 Å². The summed E-state index contributed by atoms with van der Waals surface area (Å²) in [6.45, 7) is 4.02. The van der Waals surface area contributed by atoms with Crippen LogP contribution in [0.1, 0.15) is 78.1 Å². The molecule has 4 amide bonds. The Balaban J connectivity index is 6.11. The number of carboxylic acids is 3. The van der Waals surface area contributed by atoms with Crippen LogP contribution < -0.4 is 44.2 Å². The molecule has 15 N–H and O–H groups in total. The second-order valence-electron chi connectivity index (χ2n) is 11.4. The number of nitrogens with one attached hydrogen (secondary N) is 4. The Morgan fingerprint density at radius 1 is 0.638 bits per heavy atom. The van der Waals surface area contributed by atoms with Gasteiger partial charge in [-0.1, -0.05) is 13.8 Å². The van der Waals surface area contributed by atoms with Crippen LogP contribution in [0.15, 0.2) is 4.99 Å². The van der Waals surface area contributed by atoms with Crippen molar-refractivity contribution in [3.8, 4) is 0 Å². The van der Waals surface area contributed by atoms with Crippen LogP contribution in [-0.4, -0.2) is 106 Å². The van der Waals surface area contributed by atoms with Crippen LogP contribution in [0, 0.1) is 5.92 Å². The Bertz CT molecular complexity index is 1100. The lowest BCUT2D eigenvalue weighted by atomic mass is 10.0. The Morgan fingerprint density at radius 2 is 1.06 bits per heavy atom. The number of rotatable bonds is 25. The van der Waals surface area contributed by atoms with Gasteiger partial charge in [0.1, 0.15) is 24.2 Å². The minimum Gasteiger partial charge on any atom is -0.481 e. The molecule has 47 heavy (non-hydrogen) atoms. The normalized spacial score (nSPS) is 14.1. The van der Waals surface area contributed by atoms with Crippen LogP contribution in [0.2, 0.25) is 0 Å². The molecule has 0 aromatic carbocycles. The summed E-state index contributed by atoms with van der Waals surface area (Å²) in [5.41, 5.74) is 22.2. The Labute approximate surface area is 273 Å². The second-order valence-corrected chi connectivity index (χ2v) is 11.4. The number of carboxylic acid groups (broad SMARTS) is 3. The van der Waals surface area contributed by atoms with Crippen molar-refractivity contribution in [1.82, 2.24) is 21.3 Å². The lowest BCUT2D eigenvalue weighted by Crippen LogP contribution is -2.58. The van der Waals surface area contributed by atoms with E-state index in [9.17, 15) is 43.8 Å². The first-order valence-electron chi connectivity index (χ1n) is 15.4. The number of nitrogens with two attached hydrogens (primary N) is 4. The number of carbonyl (C=O) groups excluding carboxylic acids is 4. The molecular weight excluding hydrogens is 622 g/mol. The van der Waals surface area contributed by atoms with E-state index in [1.807, 2.05) is 13.8 Å². The van der Waals surface area contributed by atoms with Crippen molar-refractivity contribution < 1.29 is 48.9 Å². The number of hydrogen-bond donors (Lipinski definition) is 11. The molecule has 5 unspecified atom stereocenters. The zero-order valence-electron chi connectivity index (χ0n) is 26.9. The van der Waals surface area contributed by atoms with Crippen LogP contribution in [0.4, 0.5) is 0 Å². The summed E-state index contributed by atoms with van der Waals surface area (Å²) in [6, 6.07) is -6.53. The van der Waals surface area contributed by atoms with Gasteiger partial charge < -0.3 is 59.5 Å². The average molecular weight is 674 g/mol. The molecule has 0 bridgehead atoms. The summed E-state index contributed by atoms with van der Waals surface area (Å²) >= 11 is 0. The fraction of sp³-hybridized carbons (Fsp3) is 0.714. The van der Waals surface area contributed by atoms with E-state index in [-0.39, 0.29) is 50.7 Å². The minimum atomic E-state index is -1.57. The van der Waals surface area contributed by atoms with E-state index in [0.717, 1.165) is 0 Å². The maximum Gasteiger partial charge on any atom is 0.326 e. The molecule has 0 aliphatic carbocycles. The van der Waals surface area contributed by atoms with Crippen molar-refractivity contribution in [2.45, 2.75) is 108 Å². The Morgan fingerprint density at radius 3 is 1.49 bits per heavy atom. The molecule has 19 heteroatoms. The van der Waals surface area contributed by atoms with E-state index in [0.29, 0.717) is 19.3 Å². The highest BCUT2D eigenvalue weighted by Crippen LogP contribution is 2.09. The highest BCUT2D eigenvalue weighted by Gasteiger charge is 2.32. The molecule has 0 saturated carbocycles. The van der Waals surface area contributed by atoms with Gasteiger partial charge in [-0.25, -0.2) is 4.79 Å². The number of guanidine groups is 1. The smallest absolute Gasteiger partial charge is 0.326 e. The van der Waals surface area contributed by atoms with E-state index in [2.05, 4.69) is 26.3 Å². The molecule has 0 heterocycles. The summed E-state index contributed by atoms with van der Waals surface area (Å²) in [4.78, 5) is 90.3. The zero-order chi connectivity index (χ0) is 36.1. The fourth-order valence-electron chi connectivity index (χ4n) is 4.31. The van der Waals surface area contributed by atoms with Gasteiger partial charge >= 0.3 is 17.9 Å². The molecule has 0 aliphatic heterocycles. The molecule has 0 rings (SSSR count). The molecule has 0 aromatic rings. The molecule has 0 aromatic heterocycles. The first-order valence-corrected chi connectivity index (χ1v) is 15.4. The SMILES string of the molecule is CC(C)CC(N)C(=O)NC(CCC(=O)O)C(=O)NC(CCCCN)C(=O)NC(CCCN=C(N)N)C(=O)NC(CCC(=O)O)C(=O)O.